The van der Waals surface area contributed by atoms with E-state index < -0.39 is 0 Å². The van der Waals surface area contributed by atoms with Crippen molar-refractivity contribution < 1.29 is 4.79 Å². The molecular weight excluding hydrogens is 300 g/mol. The fraction of sp³-hybridized carbons (Fsp3) is 0.200. The third-order valence-corrected chi connectivity index (χ3v) is 4.25. The zero-order valence-electron chi connectivity index (χ0n) is 11.9. The van der Waals surface area contributed by atoms with Gasteiger partial charge in [0.2, 0.25) is 0 Å². The van der Waals surface area contributed by atoms with E-state index in [1.807, 2.05) is 24.3 Å². The molecule has 0 aliphatic heterocycles. The van der Waals surface area contributed by atoms with Gasteiger partial charge >= 0.3 is 0 Å². The molecule has 0 aliphatic carbocycles. The number of hydrogen-bond acceptors (Lipinski definition) is 5. The summed E-state index contributed by atoms with van der Waals surface area (Å²) in [5.74, 6) is -0.295. The molecule has 1 amide bonds. The highest BCUT2D eigenvalue weighted by Crippen LogP contribution is 2.21. The zero-order valence-corrected chi connectivity index (χ0v) is 12.8. The van der Waals surface area contributed by atoms with Crippen molar-refractivity contribution in [1.82, 2.24) is 20.1 Å². The first kappa shape index (κ1) is 14.4. The minimum atomic E-state index is -0.295. The molecule has 2 aromatic heterocycles. The number of carbonyl (C=O) groups excluding carboxylic acids is 1. The van der Waals surface area contributed by atoms with Gasteiger partial charge in [0.25, 0.3) is 11.5 Å². The summed E-state index contributed by atoms with van der Waals surface area (Å²) < 4.78 is 2.28. The van der Waals surface area contributed by atoms with Crippen molar-refractivity contribution in [2.24, 2.45) is 7.05 Å². The third-order valence-electron chi connectivity index (χ3n) is 3.16. The molecule has 0 unspecified atom stereocenters. The summed E-state index contributed by atoms with van der Waals surface area (Å²) in [6.45, 7) is 0.475. The van der Waals surface area contributed by atoms with Crippen LogP contribution in [0.3, 0.4) is 0 Å². The van der Waals surface area contributed by atoms with Gasteiger partial charge in [-0.25, -0.2) is 9.67 Å². The predicted octanol–water partition coefficient (Wildman–Crippen LogP) is 1.36. The first-order valence-corrected chi connectivity index (χ1v) is 7.62. The standard InChI is InChI=1S/C15H14N4O2S/c1-19-14(20)7-6-11(18-19)15(21)16-9-8-13-17-10-4-2-3-5-12(10)22-13/h2-7H,8-9H2,1H3,(H,16,21). The molecule has 0 radical (unpaired) electrons. The van der Waals surface area contributed by atoms with E-state index in [-0.39, 0.29) is 17.2 Å². The molecule has 1 aromatic carbocycles. The van der Waals surface area contributed by atoms with E-state index in [2.05, 4.69) is 15.4 Å². The van der Waals surface area contributed by atoms with Crippen molar-refractivity contribution in [3.8, 4) is 0 Å². The largest absolute Gasteiger partial charge is 0.350 e. The van der Waals surface area contributed by atoms with Crippen LogP contribution in [0.2, 0.25) is 0 Å². The predicted molar refractivity (Wildman–Crippen MR) is 85.1 cm³/mol. The number of benzene rings is 1. The van der Waals surface area contributed by atoms with Crippen LogP contribution in [0.15, 0.2) is 41.2 Å². The van der Waals surface area contributed by atoms with E-state index in [0.717, 1.165) is 19.9 Å². The summed E-state index contributed by atoms with van der Waals surface area (Å²) in [5.41, 5.74) is 0.964. The van der Waals surface area contributed by atoms with Crippen molar-refractivity contribution in [3.05, 3.63) is 57.5 Å². The Balaban J connectivity index is 1.61. The van der Waals surface area contributed by atoms with Crippen LogP contribution in [-0.4, -0.2) is 27.2 Å². The van der Waals surface area contributed by atoms with Gasteiger partial charge in [-0.15, -0.1) is 11.3 Å². The highest BCUT2D eigenvalue weighted by Gasteiger charge is 2.09. The van der Waals surface area contributed by atoms with Crippen LogP contribution in [0, 0.1) is 0 Å². The Morgan fingerprint density at radius 2 is 2.09 bits per heavy atom. The summed E-state index contributed by atoms with van der Waals surface area (Å²) in [7, 11) is 1.51. The number of nitrogens with zero attached hydrogens (tertiary/aromatic N) is 3. The molecule has 0 saturated heterocycles. The number of para-hydroxylation sites is 1. The second-order valence-electron chi connectivity index (χ2n) is 4.76. The normalized spacial score (nSPS) is 10.8. The van der Waals surface area contributed by atoms with Crippen molar-refractivity contribution >= 4 is 27.5 Å². The van der Waals surface area contributed by atoms with Crippen LogP contribution in [-0.2, 0) is 13.5 Å². The fourth-order valence-corrected chi connectivity index (χ4v) is 2.99. The maximum atomic E-state index is 12.0. The van der Waals surface area contributed by atoms with E-state index in [0.29, 0.717) is 13.0 Å². The molecule has 1 N–H and O–H groups in total. The quantitative estimate of drug-likeness (QED) is 0.789. The number of carbonyl (C=O) groups is 1. The topological polar surface area (TPSA) is 76.9 Å². The highest BCUT2D eigenvalue weighted by molar-refractivity contribution is 7.18. The molecule has 22 heavy (non-hydrogen) atoms. The van der Waals surface area contributed by atoms with E-state index in [4.69, 9.17) is 0 Å². The van der Waals surface area contributed by atoms with Gasteiger partial charge in [0, 0.05) is 26.1 Å². The van der Waals surface area contributed by atoms with E-state index in [9.17, 15) is 9.59 Å². The fourth-order valence-electron chi connectivity index (χ4n) is 2.02. The Labute approximate surface area is 130 Å². The Hall–Kier alpha value is -2.54. The number of fused-ring (bicyclic) bond motifs is 1. The molecule has 3 rings (SSSR count). The van der Waals surface area contributed by atoms with E-state index in [1.54, 1.807) is 11.3 Å². The van der Waals surface area contributed by atoms with Gasteiger partial charge in [-0.2, -0.15) is 5.10 Å². The maximum absolute atomic E-state index is 12.0. The molecule has 0 fully saturated rings. The average Bonchev–Trinajstić information content (AvgIpc) is 2.92. The Bertz CT molecular complexity index is 851. The Morgan fingerprint density at radius 1 is 1.27 bits per heavy atom. The van der Waals surface area contributed by atoms with Crippen molar-refractivity contribution in [2.45, 2.75) is 6.42 Å². The van der Waals surface area contributed by atoms with Crippen LogP contribution in [0.4, 0.5) is 0 Å². The Kier molecular flexibility index (Phi) is 3.97. The van der Waals surface area contributed by atoms with Gasteiger partial charge in [0.15, 0.2) is 0 Å². The molecule has 0 bridgehead atoms. The molecular formula is C15H14N4O2S. The minimum Gasteiger partial charge on any atom is -0.350 e. The number of aryl methyl sites for hydroxylation is 1. The third kappa shape index (κ3) is 3.04. The second-order valence-corrected chi connectivity index (χ2v) is 5.88. The van der Waals surface area contributed by atoms with Gasteiger partial charge in [-0.05, 0) is 18.2 Å². The number of hydrogen-bond donors (Lipinski definition) is 1. The number of thiazole rings is 1. The number of rotatable bonds is 4. The molecule has 3 aromatic rings. The lowest BCUT2D eigenvalue weighted by Gasteiger charge is -2.04. The summed E-state index contributed by atoms with van der Waals surface area (Å²) in [6, 6.07) is 10.7. The lowest BCUT2D eigenvalue weighted by Crippen LogP contribution is -2.29. The molecule has 7 heteroatoms. The monoisotopic (exact) mass is 314 g/mol. The summed E-state index contributed by atoms with van der Waals surface area (Å²) in [5, 5.41) is 7.68. The van der Waals surface area contributed by atoms with Crippen molar-refractivity contribution in [1.29, 1.82) is 0 Å². The van der Waals surface area contributed by atoms with Gasteiger partial charge in [-0.1, -0.05) is 12.1 Å². The summed E-state index contributed by atoms with van der Waals surface area (Å²) in [6.07, 6.45) is 0.664. The number of nitrogens with one attached hydrogen (secondary N) is 1. The first-order chi connectivity index (χ1) is 10.6. The molecule has 0 atom stereocenters. The summed E-state index contributed by atoms with van der Waals surface area (Å²) in [4.78, 5) is 27.7. The van der Waals surface area contributed by atoms with Crippen molar-refractivity contribution in [3.63, 3.8) is 0 Å². The second kappa shape index (κ2) is 6.07. The first-order valence-electron chi connectivity index (χ1n) is 6.80. The number of amides is 1. The van der Waals surface area contributed by atoms with Gasteiger partial charge in [0.1, 0.15) is 5.69 Å². The smallest absolute Gasteiger partial charge is 0.271 e. The van der Waals surface area contributed by atoms with Gasteiger partial charge in [-0.3, -0.25) is 9.59 Å². The van der Waals surface area contributed by atoms with Crippen LogP contribution < -0.4 is 10.9 Å². The minimum absolute atomic E-state index is 0.228. The lowest BCUT2D eigenvalue weighted by atomic mass is 10.3. The molecule has 0 spiro atoms. The molecule has 6 nitrogen and oxygen atoms in total. The van der Waals surface area contributed by atoms with Crippen LogP contribution >= 0.6 is 11.3 Å². The van der Waals surface area contributed by atoms with Gasteiger partial charge in [0.05, 0.1) is 15.2 Å². The lowest BCUT2D eigenvalue weighted by molar-refractivity contribution is 0.0947. The van der Waals surface area contributed by atoms with Crippen LogP contribution in [0.5, 0.6) is 0 Å². The zero-order chi connectivity index (χ0) is 15.5. The SMILES string of the molecule is Cn1nc(C(=O)NCCc2nc3ccccc3s2)ccc1=O. The van der Waals surface area contributed by atoms with E-state index >= 15 is 0 Å². The molecule has 0 aliphatic rings. The van der Waals surface area contributed by atoms with Gasteiger partial charge < -0.3 is 5.32 Å². The Morgan fingerprint density at radius 3 is 2.86 bits per heavy atom. The molecule has 112 valence electrons. The summed E-state index contributed by atoms with van der Waals surface area (Å²) >= 11 is 1.63. The van der Waals surface area contributed by atoms with E-state index in [1.165, 1.54) is 19.2 Å². The van der Waals surface area contributed by atoms with Crippen LogP contribution in [0.25, 0.3) is 10.2 Å². The highest BCUT2D eigenvalue weighted by atomic mass is 32.1. The van der Waals surface area contributed by atoms with Crippen LogP contribution in [0.1, 0.15) is 15.5 Å². The maximum Gasteiger partial charge on any atom is 0.271 e. The average molecular weight is 314 g/mol. The molecule has 2 heterocycles. The molecule has 0 saturated carbocycles. The van der Waals surface area contributed by atoms with Crippen molar-refractivity contribution in [2.75, 3.05) is 6.54 Å². The number of aromatic nitrogens is 3.